The van der Waals surface area contributed by atoms with E-state index in [1.54, 1.807) is 18.2 Å². The number of fused-ring (bicyclic) bond motifs is 1. The number of benzene rings is 1. The van der Waals surface area contributed by atoms with Gasteiger partial charge in [0.1, 0.15) is 18.0 Å². The highest BCUT2D eigenvalue weighted by Gasteiger charge is 2.53. The Labute approximate surface area is 144 Å². The molecule has 2 aromatic rings. The predicted octanol–water partition coefficient (Wildman–Crippen LogP) is 0.544. The molecule has 0 unspecified atom stereocenters. The summed E-state index contributed by atoms with van der Waals surface area (Å²) in [4.78, 5) is 0. The Morgan fingerprint density at radius 2 is 2.00 bits per heavy atom. The molecule has 23 heavy (non-hydrogen) atoms. The molecule has 4 N–H and O–H groups in total. The number of hydrogen-bond acceptors (Lipinski definition) is 6. The first kappa shape index (κ1) is 17.0. The molecule has 126 valence electrons. The second kappa shape index (κ2) is 6.21. The van der Waals surface area contributed by atoms with Crippen molar-refractivity contribution in [2.75, 3.05) is 6.61 Å². The van der Waals surface area contributed by atoms with Crippen LogP contribution in [0.5, 0.6) is 5.75 Å². The van der Waals surface area contributed by atoms with Gasteiger partial charge >= 0.3 is 0 Å². The third kappa shape index (κ3) is 2.85. The molecule has 1 aromatic heterocycles. The molecule has 0 amide bonds. The van der Waals surface area contributed by atoms with Gasteiger partial charge in [-0.1, -0.05) is 12.1 Å². The van der Waals surface area contributed by atoms with E-state index in [9.17, 15) is 20.4 Å². The average Bonchev–Trinajstić information content (AvgIpc) is 2.86. The number of aromatic nitrogens is 1. The van der Waals surface area contributed by atoms with Gasteiger partial charge in [-0.25, -0.2) is 0 Å². The van der Waals surface area contributed by atoms with Crippen molar-refractivity contribution in [2.24, 2.45) is 0 Å². The van der Waals surface area contributed by atoms with E-state index in [4.69, 9.17) is 21.3 Å². The Bertz CT molecular complexity index is 712. The van der Waals surface area contributed by atoms with Crippen molar-refractivity contribution in [3.63, 3.8) is 0 Å². The van der Waals surface area contributed by atoms with E-state index in [-0.39, 0.29) is 0 Å². The number of rotatable bonds is 3. The van der Waals surface area contributed by atoms with Gasteiger partial charge in [-0.15, -0.1) is 0 Å². The summed E-state index contributed by atoms with van der Waals surface area (Å²) >= 11 is 9.03. The number of alkyl halides is 1. The van der Waals surface area contributed by atoms with Crippen molar-refractivity contribution in [2.45, 2.75) is 29.1 Å². The molecule has 9 heteroatoms. The van der Waals surface area contributed by atoms with E-state index >= 15 is 0 Å². The van der Waals surface area contributed by atoms with E-state index in [2.05, 4.69) is 15.9 Å². The van der Waals surface area contributed by atoms with Crippen LogP contribution in [0.4, 0.5) is 0 Å². The minimum Gasteiger partial charge on any atom is -0.480 e. The summed E-state index contributed by atoms with van der Waals surface area (Å²) in [7, 11) is 0. The molecule has 0 spiro atoms. The number of aliphatic hydroxyl groups excluding tert-OH is 4. The van der Waals surface area contributed by atoms with Crippen molar-refractivity contribution < 1.29 is 29.9 Å². The van der Waals surface area contributed by atoms with Gasteiger partial charge in [0, 0.05) is 17.2 Å². The van der Waals surface area contributed by atoms with E-state index in [0.717, 1.165) is 0 Å². The van der Waals surface area contributed by atoms with Crippen LogP contribution in [-0.2, 0) is 4.74 Å². The second-order valence-corrected chi connectivity index (χ2v) is 7.00. The van der Waals surface area contributed by atoms with E-state index in [1.165, 1.54) is 10.3 Å². The van der Waals surface area contributed by atoms with Crippen molar-refractivity contribution in [1.29, 1.82) is 0 Å². The monoisotopic (exact) mass is 407 g/mol. The Hall–Kier alpha value is -0.870. The first-order valence-electron chi connectivity index (χ1n) is 6.82. The molecule has 0 radical (unpaired) electrons. The summed E-state index contributed by atoms with van der Waals surface area (Å²) in [5.74, 6) is 0.320. The lowest BCUT2D eigenvalue weighted by Crippen LogP contribution is -2.64. The minimum absolute atomic E-state index is 0.320. The van der Waals surface area contributed by atoms with Gasteiger partial charge in [-0.2, -0.15) is 0 Å². The zero-order valence-electron chi connectivity index (χ0n) is 11.7. The fourth-order valence-corrected chi connectivity index (χ4v) is 3.25. The predicted molar refractivity (Wildman–Crippen MR) is 85.5 cm³/mol. The highest BCUT2D eigenvalue weighted by atomic mass is 79.9. The fourth-order valence-electron chi connectivity index (χ4n) is 2.55. The molecule has 0 aliphatic carbocycles. The molecule has 1 aliphatic heterocycles. The lowest BCUT2D eigenvalue weighted by atomic mass is 9.99. The first-order chi connectivity index (χ1) is 10.9. The minimum atomic E-state index is -1.66. The van der Waals surface area contributed by atoms with E-state index in [1.807, 2.05) is 6.07 Å². The smallest absolute Gasteiger partial charge is 0.196 e. The van der Waals surface area contributed by atoms with Crippen LogP contribution in [0, 0.1) is 0 Å². The van der Waals surface area contributed by atoms with Crippen LogP contribution in [-0.4, -0.2) is 60.2 Å². The Morgan fingerprint density at radius 3 is 2.70 bits per heavy atom. The molecule has 1 fully saturated rings. The molecule has 1 aromatic carbocycles. The van der Waals surface area contributed by atoms with Gasteiger partial charge in [0.15, 0.2) is 16.9 Å². The summed E-state index contributed by atoms with van der Waals surface area (Å²) in [6.45, 7) is -0.643. The first-order valence-corrected chi connectivity index (χ1v) is 7.95. The molecule has 0 bridgehead atoms. The Morgan fingerprint density at radius 1 is 1.30 bits per heavy atom. The number of ether oxygens (including phenoxy) is 2. The normalized spacial score (nSPS) is 34.7. The van der Waals surface area contributed by atoms with Crippen LogP contribution in [0.15, 0.2) is 30.5 Å². The molecule has 0 saturated carbocycles. The topological polar surface area (TPSA) is 104 Å². The number of nitrogens with zero attached hydrogens (tertiary/aromatic N) is 1. The molecular formula is C14H15BrClNO6. The molecule has 2 heterocycles. The van der Waals surface area contributed by atoms with Gasteiger partial charge in [0.05, 0.1) is 18.3 Å². The highest BCUT2D eigenvalue weighted by Crippen LogP contribution is 2.37. The maximum absolute atomic E-state index is 10.2. The van der Waals surface area contributed by atoms with Crippen LogP contribution in [0.2, 0.25) is 0 Å². The average molecular weight is 409 g/mol. The van der Waals surface area contributed by atoms with Crippen molar-refractivity contribution in [3.05, 3.63) is 30.5 Å². The van der Waals surface area contributed by atoms with Crippen LogP contribution in [0.3, 0.4) is 0 Å². The largest absolute Gasteiger partial charge is 0.480 e. The summed E-state index contributed by atoms with van der Waals surface area (Å²) in [5, 5.41) is 40.3. The molecule has 1 saturated heterocycles. The summed E-state index contributed by atoms with van der Waals surface area (Å²) in [6, 6.07) is 7.15. The number of aliphatic hydroxyl groups is 4. The zero-order valence-corrected chi connectivity index (χ0v) is 14.1. The maximum atomic E-state index is 10.2. The van der Waals surface area contributed by atoms with E-state index < -0.39 is 35.7 Å². The van der Waals surface area contributed by atoms with Crippen LogP contribution in [0.25, 0.3) is 10.9 Å². The van der Waals surface area contributed by atoms with Crippen LogP contribution >= 0.6 is 27.7 Å². The standard InChI is InChI=1S/C14H15BrClNO6/c15-14(6-18)12(20)10(19)11(13(21)23-14)22-9-5-17(16)8-4-2-1-3-7(8)9/h1-5,10-13,18-21H,6H2/t10-,11-,12+,13-,14-/m1/s1. The lowest BCUT2D eigenvalue weighted by Gasteiger charge is -2.44. The van der Waals surface area contributed by atoms with Crippen LogP contribution in [0.1, 0.15) is 0 Å². The third-order valence-electron chi connectivity index (χ3n) is 3.81. The quantitative estimate of drug-likeness (QED) is 0.553. The van der Waals surface area contributed by atoms with Crippen molar-refractivity contribution >= 4 is 38.6 Å². The molecule has 7 nitrogen and oxygen atoms in total. The number of hydrogen-bond donors (Lipinski definition) is 4. The second-order valence-electron chi connectivity index (χ2n) is 5.29. The van der Waals surface area contributed by atoms with Crippen molar-refractivity contribution in [3.8, 4) is 5.75 Å². The SMILES string of the molecule is OC[C@@]1(Br)O[C@@H](O)[C@H](Oc2cn(Cl)c3ccccc23)[C@@H](O)[C@@H]1O. The zero-order chi connectivity index (χ0) is 16.8. The summed E-state index contributed by atoms with van der Waals surface area (Å²) in [6.07, 6.45) is -4.35. The Balaban J connectivity index is 1.90. The Kier molecular flexibility index (Phi) is 4.58. The summed E-state index contributed by atoms with van der Waals surface area (Å²) < 4.78 is 10.5. The molecule has 1 aliphatic rings. The maximum Gasteiger partial charge on any atom is 0.196 e. The number of halogens is 2. The molecule has 5 atom stereocenters. The van der Waals surface area contributed by atoms with Crippen LogP contribution < -0.4 is 4.74 Å². The lowest BCUT2D eigenvalue weighted by molar-refractivity contribution is -0.290. The third-order valence-corrected chi connectivity index (χ3v) is 4.99. The van der Waals surface area contributed by atoms with Gasteiger partial charge in [0.2, 0.25) is 0 Å². The highest BCUT2D eigenvalue weighted by molar-refractivity contribution is 9.10. The number of para-hydroxylation sites is 1. The van der Waals surface area contributed by atoms with Gasteiger partial charge in [0.25, 0.3) is 0 Å². The van der Waals surface area contributed by atoms with Crippen molar-refractivity contribution in [1.82, 2.24) is 4.09 Å². The molecular weight excluding hydrogens is 394 g/mol. The fraction of sp³-hybridized carbons (Fsp3) is 0.429. The van der Waals surface area contributed by atoms with E-state index in [0.29, 0.717) is 16.7 Å². The van der Waals surface area contributed by atoms with Gasteiger partial charge < -0.3 is 29.9 Å². The molecule has 3 rings (SSSR count). The summed E-state index contributed by atoms with van der Waals surface area (Å²) in [5.41, 5.74) is 0.690. The van der Waals surface area contributed by atoms with Gasteiger partial charge in [-0.05, 0) is 28.1 Å². The van der Waals surface area contributed by atoms with Gasteiger partial charge in [-0.3, -0.25) is 4.09 Å².